The molecule has 0 amide bonds. The summed E-state index contributed by atoms with van der Waals surface area (Å²) in [5.74, 6) is 0. The summed E-state index contributed by atoms with van der Waals surface area (Å²) in [4.78, 5) is 0.268. The second-order valence-electron chi connectivity index (χ2n) is 5.33. The van der Waals surface area contributed by atoms with Gasteiger partial charge >= 0.3 is 0 Å². The highest BCUT2D eigenvalue weighted by atomic mass is 32.2. The Morgan fingerprint density at radius 2 is 1.85 bits per heavy atom. The van der Waals surface area contributed by atoms with Crippen molar-refractivity contribution in [3.8, 4) is 0 Å². The predicted octanol–water partition coefficient (Wildman–Crippen LogP) is 1.62. The fourth-order valence-electron chi connectivity index (χ4n) is 2.48. The minimum absolute atomic E-state index is 0.190. The monoisotopic (exact) mass is 298 g/mol. The third-order valence-electron chi connectivity index (χ3n) is 3.84. The van der Waals surface area contributed by atoms with Crippen molar-refractivity contribution in [2.45, 2.75) is 49.6 Å². The van der Waals surface area contributed by atoms with Crippen molar-refractivity contribution >= 4 is 15.7 Å². The smallest absolute Gasteiger partial charge is 0.240 e. The van der Waals surface area contributed by atoms with Gasteiger partial charge in [-0.05, 0) is 57.4 Å². The third kappa shape index (κ3) is 3.50. The van der Waals surface area contributed by atoms with Gasteiger partial charge in [-0.2, -0.15) is 0 Å². The van der Waals surface area contributed by atoms with Gasteiger partial charge in [-0.25, -0.2) is 13.1 Å². The van der Waals surface area contributed by atoms with Gasteiger partial charge in [-0.1, -0.05) is 6.07 Å². The number of rotatable bonds is 4. The normalized spacial score (nSPS) is 23.6. The Balaban J connectivity index is 2.17. The zero-order chi connectivity index (χ0) is 14.8. The molecule has 6 heteroatoms. The van der Waals surface area contributed by atoms with Crippen LogP contribution in [0, 0.1) is 6.92 Å². The van der Waals surface area contributed by atoms with Gasteiger partial charge in [0.25, 0.3) is 0 Å². The van der Waals surface area contributed by atoms with E-state index in [2.05, 4.69) is 10.0 Å². The van der Waals surface area contributed by atoms with Gasteiger partial charge in [-0.3, -0.25) is 0 Å². The van der Waals surface area contributed by atoms with E-state index in [9.17, 15) is 13.5 Å². The first kappa shape index (κ1) is 15.3. The number of aryl methyl sites for hydroxylation is 1. The van der Waals surface area contributed by atoms with Gasteiger partial charge in [0.1, 0.15) is 0 Å². The largest absolute Gasteiger partial charge is 0.393 e. The molecule has 0 radical (unpaired) electrons. The van der Waals surface area contributed by atoms with Gasteiger partial charge in [0.2, 0.25) is 10.0 Å². The number of aliphatic hydroxyl groups is 1. The highest BCUT2D eigenvalue weighted by molar-refractivity contribution is 7.89. The number of hydrogen-bond donors (Lipinski definition) is 3. The molecule has 0 unspecified atom stereocenters. The van der Waals surface area contributed by atoms with Crippen LogP contribution in [0.1, 0.15) is 31.2 Å². The molecule has 1 saturated carbocycles. The highest BCUT2D eigenvalue weighted by Gasteiger charge is 2.20. The summed E-state index contributed by atoms with van der Waals surface area (Å²) < 4.78 is 26.0. The molecule has 112 valence electrons. The van der Waals surface area contributed by atoms with E-state index in [1.54, 1.807) is 12.1 Å². The van der Waals surface area contributed by atoms with Crippen molar-refractivity contribution in [1.82, 2.24) is 4.72 Å². The number of hydrogen-bond acceptors (Lipinski definition) is 4. The Labute approximate surface area is 120 Å². The number of aliphatic hydroxyl groups excluding tert-OH is 1. The van der Waals surface area contributed by atoms with Crippen LogP contribution >= 0.6 is 0 Å². The minimum atomic E-state index is -3.42. The molecule has 1 aromatic carbocycles. The summed E-state index contributed by atoms with van der Waals surface area (Å²) in [5, 5.41) is 12.9. The maximum Gasteiger partial charge on any atom is 0.240 e. The zero-order valence-corrected chi connectivity index (χ0v) is 12.7. The lowest BCUT2D eigenvalue weighted by Crippen LogP contribution is -2.28. The fourth-order valence-corrected chi connectivity index (χ4v) is 3.24. The van der Waals surface area contributed by atoms with E-state index in [0.29, 0.717) is 6.04 Å². The molecule has 0 saturated heterocycles. The topological polar surface area (TPSA) is 78.4 Å². The number of benzene rings is 1. The molecule has 2 rings (SSSR count). The van der Waals surface area contributed by atoms with Crippen molar-refractivity contribution in [2.75, 3.05) is 12.4 Å². The molecule has 0 heterocycles. The van der Waals surface area contributed by atoms with Crippen LogP contribution in [0.3, 0.4) is 0 Å². The van der Waals surface area contributed by atoms with Gasteiger partial charge in [0.05, 0.1) is 11.0 Å². The molecule has 1 aliphatic carbocycles. The molecule has 0 atom stereocenters. The molecule has 1 fully saturated rings. The maximum absolute atomic E-state index is 11.8. The van der Waals surface area contributed by atoms with Crippen molar-refractivity contribution in [3.63, 3.8) is 0 Å². The van der Waals surface area contributed by atoms with E-state index < -0.39 is 10.0 Å². The molecule has 0 aliphatic heterocycles. The van der Waals surface area contributed by atoms with Gasteiger partial charge in [0.15, 0.2) is 0 Å². The SMILES string of the molecule is CNS(=O)(=O)c1ccc(C)c(NC2CCC(O)CC2)c1. The van der Waals surface area contributed by atoms with Crippen LogP contribution in [0.15, 0.2) is 23.1 Å². The first-order valence-corrected chi connectivity index (χ1v) is 8.39. The number of anilines is 1. The van der Waals surface area contributed by atoms with Gasteiger partial charge in [0, 0.05) is 11.7 Å². The van der Waals surface area contributed by atoms with Gasteiger partial charge < -0.3 is 10.4 Å². The Kier molecular flexibility index (Phi) is 4.67. The average molecular weight is 298 g/mol. The molecule has 0 spiro atoms. The Morgan fingerprint density at radius 1 is 1.20 bits per heavy atom. The zero-order valence-electron chi connectivity index (χ0n) is 11.9. The van der Waals surface area contributed by atoms with Crippen LogP contribution in [-0.4, -0.2) is 32.7 Å². The molecule has 5 nitrogen and oxygen atoms in total. The first-order valence-electron chi connectivity index (χ1n) is 6.91. The summed E-state index contributed by atoms with van der Waals surface area (Å²) >= 11 is 0. The summed E-state index contributed by atoms with van der Waals surface area (Å²) in [6.45, 7) is 1.95. The number of nitrogens with one attached hydrogen (secondary N) is 2. The predicted molar refractivity (Wildman–Crippen MR) is 79.3 cm³/mol. The molecule has 1 aliphatic rings. The summed E-state index contributed by atoms with van der Waals surface area (Å²) in [6, 6.07) is 5.39. The second-order valence-corrected chi connectivity index (χ2v) is 7.22. The van der Waals surface area contributed by atoms with E-state index >= 15 is 0 Å². The lowest BCUT2D eigenvalue weighted by molar-refractivity contribution is 0.126. The van der Waals surface area contributed by atoms with E-state index in [1.807, 2.05) is 13.0 Å². The van der Waals surface area contributed by atoms with Crippen molar-refractivity contribution < 1.29 is 13.5 Å². The van der Waals surface area contributed by atoms with Crippen LogP contribution in [-0.2, 0) is 10.0 Å². The summed E-state index contributed by atoms with van der Waals surface area (Å²) in [5.41, 5.74) is 1.87. The van der Waals surface area contributed by atoms with E-state index in [0.717, 1.165) is 36.9 Å². The summed E-state index contributed by atoms with van der Waals surface area (Å²) in [6.07, 6.45) is 3.22. The molecule has 1 aromatic rings. The number of sulfonamides is 1. The molecule has 0 bridgehead atoms. The Hall–Kier alpha value is -1.11. The van der Waals surface area contributed by atoms with Crippen LogP contribution in [0.4, 0.5) is 5.69 Å². The van der Waals surface area contributed by atoms with Crippen LogP contribution in [0.5, 0.6) is 0 Å². The molecular weight excluding hydrogens is 276 g/mol. The minimum Gasteiger partial charge on any atom is -0.393 e. The standard InChI is InChI=1S/C14H22N2O3S/c1-10-3-8-13(20(18,19)15-2)9-14(10)16-11-4-6-12(17)7-5-11/h3,8-9,11-12,15-17H,4-7H2,1-2H3. The van der Waals surface area contributed by atoms with Crippen LogP contribution < -0.4 is 10.0 Å². The average Bonchev–Trinajstić information content (AvgIpc) is 2.43. The molecule has 20 heavy (non-hydrogen) atoms. The second kappa shape index (κ2) is 6.11. The van der Waals surface area contributed by atoms with Crippen LogP contribution in [0.2, 0.25) is 0 Å². The first-order chi connectivity index (χ1) is 9.42. The molecule has 0 aromatic heterocycles. The lowest BCUT2D eigenvalue weighted by Gasteiger charge is -2.27. The van der Waals surface area contributed by atoms with Crippen molar-refractivity contribution in [2.24, 2.45) is 0 Å². The van der Waals surface area contributed by atoms with Gasteiger partial charge in [-0.15, -0.1) is 0 Å². The Bertz CT molecular complexity index is 564. The van der Waals surface area contributed by atoms with Crippen molar-refractivity contribution in [3.05, 3.63) is 23.8 Å². The summed E-state index contributed by atoms with van der Waals surface area (Å²) in [7, 11) is -2.01. The highest BCUT2D eigenvalue weighted by Crippen LogP contribution is 2.25. The maximum atomic E-state index is 11.8. The Morgan fingerprint density at radius 3 is 2.45 bits per heavy atom. The molecular formula is C14H22N2O3S. The lowest BCUT2D eigenvalue weighted by atomic mass is 9.93. The van der Waals surface area contributed by atoms with E-state index in [1.165, 1.54) is 7.05 Å². The quantitative estimate of drug-likeness (QED) is 0.789. The van der Waals surface area contributed by atoms with Crippen LogP contribution in [0.25, 0.3) is 0 Å². The van der Waals surface area contributed by atoms with E-state index in [-0.39, 0.29) is 11.0 Å². The van der Waals surface area contributed by atoms with Crippen molar-refractivity contribution in [1.29, 1.82) is 0 Å². The van der Waals surface area contributed by atoms with E-state index in [4.69, 9.17) is 0 Å². The third-order valence-corrected chi connectivity index (χ3v) is 5.26. The molecule has 3 N–H and O–H groups in total. The fraction of sp³-hybridized carbons (Fsp3) is 0.571.